The van der Waals surface area contributed by atoms with Crippen molar-refractivity contribution in [1.29, 1.82) is 0 Å². The molecule has 0 aliphatic rings. The summed E-state index contributed by atoms with van der Waals surface area (Å²) in [6.45, 7) is 0. The molecule has 0 aliphatic carbocycles. The molecule has 7 heteroatoms. The van der Waals surface area contributed by atoms with E-state index < -0.39 is 16.4 Å². The fourth-order valence-electron chi connectivity index (χ4n) is 1.56. The summed E-state index contributed by atoms with van der Waals surface area (Å²) in [6.07, 6.45) is 0. The Morgan fingerprint density at radius 1 is 1.30 bits per heavy atom. The highest BCUT2D eigenvalue weighted by Gasteiger charge is 2.15. The maximum absolute atomic E-state index is 13.5. The van der Waals surface area contributed by atoms with Crippen LogP contribution in [0.2, 0.25) is 5.02 Å². The van der Waals surface area contributed by atoms with Crippen molar-refractivity contribution in [2.24, 2.45) is 0 Å². The average Bonchev–Trinajstić information content (AvgIpc) is 2.38. The quantitative estimate of drug-likeness (QED) is 0.434. The van der Waals surface area contributed by atoms with Gasteiger partial charge < -0.3 is 4.74 Å². The first kappa shape index (κ1) is 14.7. The first-order valence-corrected chi connectivity index (χ1v) is 6.97. The van der Waals surface area contributed by atoms with Gasteiger partial charge >= 0.3 is 5.69 Å². The third-order valence-corrected chi connectivity index (χ3v) is 3.36. The van der Waals surface area contributed by atoms with Gasteiger partial charge in [-0.15, -0.1) is 0 Å². The van der Waals surface area contributed by atoms with E-state index in [1.165, 1.54) is 6.07 Å². The minimum absolute atomic E-state index is 0.164. The van der Waals surface area contributed by atoms with E-state index in [0.717, 1.165) is 17.7 Å². The Hall–Kier alpha value is -1.66. The van der Waals surface area contributed by atoms with Gasteiger partial charge in [0.05, 0.1) is 4.92 Å². The topological polar surface area (TPSA) is 52.4 Å². The smallest absolute Gasteiger partial charge is 0.305 e. The Labute approximate surface area is 127 Å². The van der Waals surface area contributed by atoms with Crippen LogP contribution in [0, 0.1) is 15.9 Å². The molecule has 4 nitrogen and oxygen atoms in total. The van der Waals surface area contributed by atoms with Gasteiger partial charge in [-0.1, -0.05) is 33.6 Å². The van der Waals surface area contributed by atoms with E-state index in [2.05, 4.69) is 15.9 Å². The predicted molar refractivity (Wildman–Crippen MR) is 77.2 cm³/mol. The summed E-state index contributed by atoms with van der Waals surface area (Å²) in [5.41, 5.74) is 0.234. The molecule has 0 aliphatic heterocycles. The van der Waals surface area contributed by atoms with Gasteiger partial charge in [-0.3, -0.25) is 10.1 Å². The first-order valence-electron chi connectivity index (χ1n) is 5.47. The van der Waals surface area contributed by atoms with Gasteiger partial charge in [-0.25, -0.2) is 0 Å². The zero-order valence-electron chi connectivity index (χ0n) is 9.98. The van der Waals surface area contributed by atoms with Crippen molar-refractivity contribution in [2.45, 2.75) is 5.33 Å². The monoisotopic (exact) mass is 359 g/mol. The fourth-order valence-corrected chi connectivity index (χ4v) is 2.19. The van der Waals surface area contributed by atoms with Crippen LogP contribution in [0.5, 0.6) is 11.5 Å². The normalized spacial score (nSPS) is 10.3. The highest BCUT2D eigenvalue weighted by Crippen LogP contribution is 2.31. The van der Waals surface area contributed by atoms with Crippen molar-refractivity contribution in [2.75, 3.05) is 0 Å². The molecular formula is C13H8BrClFNO3. The van der Waals surface area contributed by atoms with E-state index >= 15 is 0 Å². The largest absolute Gasteiger partial charge is 0.457 e. The standard InChI is InChI=1S/C13H8BrClFNO3/c14-7-8-1-2-9(15)5-13(8)20-10-3-4-12(17(18)19)11(16)6-10/h1-6H,7H2. The number of benzene rings is 2. The molecular weight excluding hydrogens is 353 g/mol. The minimum Gasteiger partial charge on any atom is -0.457 e. The van der Waals surface area contributed by atoms with Crippen molar-refractivity contribution in [3.63, 3.8) is 0 Å². The summed E-state index contributed by atoms with van der Waals surface area (Å²) >= 11 is 9.18. The van der Waals surface area contributed by atoms with E-state index in [0.29, 0.717) is 16.1 Å². The van der Waals surface area contributed by atoms with Gasteiger partial charge in [-0.05, 0) is 18.2 Å². The van der Waals surface area contributed by atoms with E-state index in [1.54, 1.807) is 18.2 Å². The highest BCUT2D eigenvalue weighted by atomic mass is 79.9. The van der Waals surface area contributed by atoms with Gasteiger partial charge in [0.2, 0.25) is 5.82 Å². The van der Waals surface area contributed by atoms with Crippen molar-refractivity contribution >= 4 is 33.2 Å². The molecule has 104 valence electrons. The molecule has 0 fully saturated rings. The lowest BCUT2D eigenvalue weighted by Crippen LogP contribution is -1.94. The average molecular weight is 361 g/mol. The number of halogens is 3. The molecule has 0 saturated heterocycles. The second-order valence-electron chi connectivity index (χ2n) is 3.86. The van der Waals surface area contributed by atoms with Crippen molar-refractivity contribution < 1.29 is 14.1 Å². The molecule has 0 atom stereocenters. The van der Waals surface area contributed by atoms with Crippen LogP contribution in [0.25, 0.3) is 0 Å². The molecule has 0 heterocycles. The summed E-state index contributed by atoms with van der Waals surface area (Å²) in [7, 11) is 0. The second-order valence-corrected chi connectivity index (χ2v) is 4.86. The van der Waals surface area contributed by atoms with E-state index in [-0.39, 0.29) is 5.75 Å². The van der Waals surface area contributed by atoms with Crippen LogP contribution in [0.15, 0.2) is 36.4 Å². The van der Waals surface area contributed by atoms with Gasteiger partial charge in [0.25, 0.3) is 0 Å². The Morgan fingerprint density at radius 2 is 2.05 bits per heavy atom. The summed E-state index contributed by atoms with van der Waals surface area (Å²) in [6, 6.07) is 8.44. The molecule has 0 aromatic heterocycles. The summed E-state index contributed by atoms with van der Waals surface area (Å²) < 4.78 is 19.0. The Morgan fingerprint density at radius 3 is 2.65 bits per heavy atom. The van der Waals surface area contributed by atoms with Crippen LogP contribution in [0.3, 0.4) is 0 Å². The Balaban J connectivity index is 2.33. The first-order chi connectivity index (χ1) is 9.51. The van der Waals surface area contributed by atoms with Crippen molar-refractivity contribution in [3.8, 4) is 11.5 Å². The molecule has 20 heavy (non-hydrogen) atoms. The molecule has 0 spiro atoms. The molecule has 2 rings (SSSR count). The van der Waals surface area contributed by atoms with Crippen molar-refractivity contribution in [3.05, 3.63) is 62.9 Å². The lowest BCUT2D eigenvalue weighted by Gasteiger charge is -2.10. The predicted octanol–water partition coefficient (Wildman–Crippen LogP) is 5.07. The van der Waals surface area contributed by atoms with Gasteiger partial charge in [0, 0.05) is 28.0 Å². The van der Waals surface area contributed by atoms with Crippen LogP contribution in [0.1, 0.15) is 5.56 Å². The van der Waals surface area contributed by atoms with Gasteiger partial charge in [-0.2, -0.15) is 4.39 Å². The van der Waals surface area contributed by atoms with Crippen LogP contribution in [0.4, 0.5) is 10.1 Å². The number of nitrogens with zero attached hydrogens (tertiary/aromatic N) is 1. The zero-order valence-corrected chi connectivity index (χ0v) is 12.3. The second kappa shape index (κ2) is 6.19. The number of alkyl halides is 1. The van der Waals surface area contributed by atoms with Crippen molar-refractivity contribution in [1.82, 2.24) is 0 Å². The molecule has 0 bridgehead atoms. The van der Waals surface area contributed by atoms with Gasteiger partial charge in [0.1, 0.15) is 11.5 Å². The van der Waals surface area contributed by atoms with E-state index in [4.69, 9.17) is 16.3 Å². The summed E-state index contributed by atoms with van der Waals surface area (Å²) in [4.78, 5) is 9.75. The molecule has 0 saturated carbocycles. The number of nitro benzene ring substituents is 1. The minimum atomic E-state index is -0.949. The van der Waals surface area contributed by atoms with Crippen LogP contribution >= 0.6 is 27.5 Å². The zero-order chi connectivity index (χ0) is 14.7. The fraction of sp³-hybridized carbons (Fsp3) is 0.0769. The highest BCUT2D eigenvalue weighted by molar-refractivity contribution is 9.08. The number of ether oxygens (including phenoxy) is 1. The van der Waals surface area contributed by atoms with Crippen LogP contribution in [-0.2, 0) is 5.33 Å². The lowest BCUT2D eigenvalue weighted by atomic mass is 10.2. The Bertz CT molecular complexity index is 666. The van der Waals surface area contributed by atoms with E-state index in [9.17, 15) is 14.5 Å². The number of hydrogen-bond acceptors (Lipinski definition) is 3. The third kappa shape index (κ3) is 3.26. The summed E-state index contributed by atoms with van der Waals surface area (Å²) in [5, 5.41) is 11.6. The SMILES string of the molecule is O=[N+]([O-])c1ccc(Oc2cc(Cl)ccc2CBr)cc1F. The summed E-state index contributed by atoms with van der Waals surface area (Å²) in [5.74, 6) is -0.324. The lowest BCUT2D eigenvalue weighted by molar-refractivity contribution is -0.387. The molecule has 0 unspecified atom stereocenters. The molecule has 0 amide bonds. The molecule has 0 N–H and O–H groups in total. The number of nitro groups is 1. The van der Waals surface area contributed by atoms with Gasteiger partial charge in [0.15, 0.2) is 0 Å². The molecule has 2 aromatic carbocycles. The maximum Gasteiger partial charge on any atom is 0.305 e. The van der Waals surface area contributed by atoms with Crippen LogP contribution in [-0.4, -0.2) is 4.92 Å². The van der Waals surface area contributed by atoms with Crippen LogP contribution < -0.4 is 4.74 Å². The maximum atomic E-state index is 13.5. The van der Waals surface area contributed by atoms with E-state index in [1.807, 2.05) is 0 Å². The molecule has 2 aromatic rings. The Kier molecular flexibility index (Phi) is 4.57. The number of hydrogen-bond donors (Lipinski definition) is 0. The third-order valence-electron chi connectivity index (χ3n) is 2.52. The number of rotatable bonds is 4. The molecule has 0 radical (unpaired) electrons.